The molecule has 25 heavy (non-hydrogen) atoms. The first-order valence-corrected chi connectivity index (χ1v) is 8.59. The zero-order valence-corrected chi connectivity index (χ0v) is 14.5. The summed E-state index contributed by atoms with van der Waals surface area (Å²) in [6.07, 6.45) is 3.77. The third kappa shape index (κ3) is 3.17. The number of aryl methyl sites for hydroxylation is 1. The Kier molecular flexibility index (Phi) is 4.27. The lowest BCUT2D eigenvalue weighted by molar-refractivity contribution is -0.119. The number of hydrogen-bond donors (Lipinski definition) is 2. The van der Waals surface area contributed by atoms with Gasteiger partial charge in [-0.1, -0.05) is 11.6 Å². The number of ether oxygens (including phenoxy) is 2. The van der Waals surface area contributed by atoms with E-state index in [1.165, 1.54) is 0 Å². The van der Waals surface area contributed by atoms with Crippen LogP contribution in [0.15, 0.2) is 24.5 Å². The van der Waals surface area contributed by atoms with Crippen LogP contribution in [0.4, 0.5) is 5.69 Å². The third-order valence-corrected chi connectivity index (χ3v) is 4.91. The second-order valence-electron chi connectivity index (χ2n) is 6.28. The van der Waals surface area contributed by atoms with E-state index >= 15 is 0 Å². The minimum absolute atomic E-state index is 0.0718. The van der Waals surface area contributed by atoms with Crippen molar-refractivity contribution in [2.24, 2.45) is 13.0 Å². The molecule has 0 saturated carbocycles. The van der Waals surface area contributed by atoms with Crippen molar-refractivity contribution in [2.45, 2.75) is 5.92 Å². The summed E-state index contributed by atoms with van der Waals surface area (Å²) in [4.78, 5) is 12.8. The van der Waals surface area contributed by atoms with Crippen LogP contribution in [0.5, 0.6) is 11.5 Å². The Morgan fingerprint density at radius 3 is 2.80 bits per heavy atom. The molecule has 132 valence electrons. The van der Waals surface area contributed by atoms with Crippen molar-refractivity contribution in [3.05, 3.63) is 35.1 Å². The molecule has 1 aromatic carbocycles. The van der Waals surface area contributed by atoms with Crippen LogP contribution in [0.1, 0.15) is 11.5 Å². The molecule has 1 fully saturated rings. The van der Waals surface area contributed by atoms with E-state index in [4.69, 9.17) is 21.1 Å². The molecule has 1 saturated heterocycles. The topological polar surface area (TPSA) is 77.4 Å². The van der Waals surface area contributed by atoms with Crippen molar-refractivity contribution >= 4 is 23.2 Å². The van der Waals surface area contributed by atoms with Crippen LogP contribution >= 0.6 is 11.6 Å². The maximum absolute atomic E-state index is 12.8. The summed E-state index contributed by atoms with van der Waals surface area (Å²) in [5.41, 5.74) is 1.59. The first-order valence-electron chi connectivity index (χ1n) is 8.21. The van der Waals surface area contributed by atoms with E-state index in [0.717, 1.165) is 12.1 Å². The highest BCUT2D eigenvalue weighted by Gasteiger charge is 2.35. The van der Waals surface area contributed by atoms with Gasteiger partial charge in [-0.2, -0.15) is 5.10 Å². The number of hydrogen-bond acceptors (Lipinski definition) is 5. The minimum Gasteiger partial charge on any atom is -0.486 e. The van der Waals surface area contributed by atoms with Gasteiger partial charge in [-0.15, -0.1) is 0 Å². The number of anilines is 1. The lowest BCUT2D eigenvalue weighted by Crippen LogP contribution is -2.28. The van der Waals surface area contributed by atoms with Crippen molar-refractivity contribution in [1.82, 2.24) is 15.1 Å². The molecule has 2 aliphatic heterocycles. The number of fused-ring (bicyclic) bond motifs is 1. The lowest BCUT2D eigenvalue weighted by atomic mass is 9.90. The number of carbonyl (C=O) groups is 1. The van der Waals surface area contributed by atoms with Gasteiger partial charge in [0.15, 0.2) is 11.5 Å². The van der Waals surface area contributed by atoms with Gasteiger partial charge in [-0.25, -0.2) is 0 Å². The summed E-state index contributed by atoms with van der Waals surface area (Å²) < 4.78 is 12.8. The van der Waals surface area contributed by atoms with Gasteiger partial charge in [0.2, 0.25) is 5.91 Å². The molecule has 1 amide bonds. The zero-order chi connectivity index (χ0) is 17.4. The number of nitrogens with zero attached hydrogens (tertiary/aromatic N) is 2. The molecule has 8 heteroatoms. The van der Waals surface area contributed by atoms with Crippen LogP contribution in [-0.4, -0.2) is 42.0 Å². The average molecular weight is 363 g/mol. The number of halogens is 1. The van der Waals surface area contributed by atoms with E-state index in [-0.39, 0.29) is 17.7 Å². The standard InChI is InChI=1S/C17H19ClN4O3/c1-22-9-10(6-20-22)11-7-19-8-12(11)17(23)21-14-5-16-15(4-13(14)18)24-2-3-25-16/h4-6,9,11-12,19H,2-3,7-8H2,1H3,(H,21,23)/t11-,12+/m1/s1. The Morgan fingerprint density at radius 1 is 1.32 bits per heavy atom. The molecular formula is C17H19ClN4O3. The van der Waals surface area contributed by atoms with Gasteiger partial charge in [0.25, 0.3) is 0 Å². The van der Waals surface area contributed by atoms with Crippen LogP contribution < -0.4 is 20.1 Å². The number of nitrogens with one attached hydrogen (secondary N) is 2. The van der Waals surface area contributed by atoms with Gasteiger partial charge < -0.3 is 20.1 Å². The van der Waals surface area contributed by atoms with Gasteiger partial charge in [-0.05, 0) is 5.56 Å². The second kappa shape index (κ2) is 6.57. The molecule has 1 aromatic heterocycles. The van der Waals surface area contributed by atoms with E-state index < -0.39 is 0 Å². The number of carbonyl (C=O) groups excluding carboxylic acids is 1. The monoisotopic (exact) mass is 362 g/mol. The fourth-order valence-electron chi connectivity index (χ4n) is 3.32. The Balaban J connectivity index is 1.53. The molecule has 2 aliphatic rings. The SMILES string of the molecule is Cn1cc([C@H]2CNC[C@@H]2C(=O)Nc2cc3c(cc2Cl)OCCO3)cn1. The quantitative estimate of drug-likeness (QED) is 0.870. The van der Waals surface area contributed by atoms with Crippen LogP contribution in [0.2, 0.25) is 5.02 Å². The smallest absolute Gasteiger partial charge is 0.229 e. The van der Waals surface area contributed by atoms with Crippen molar-refractivity contribution in [3.8, 4) is 11.5 Å². The predicted molar refractivity (Wildman–Crippen MR) is 93.4 cm³/mol. The van der Waals surface area contributed by atoms with Crippen molar-refractivity contribution in [1.29, 1.82) is 0 Å². The molecule has 0 unspecified atom stereocenters. The highest BCUT2D eigenvalue weighted by Crippen LogP contribution is 2.38. The minimum atomic E-state index is -0.187. The second-order valence-corrected chi connectivity index (χ2v) is 6.69. The fraction of sp³-hybridized carbons (Fsp3) is 0.412. The maximum Gasteiger partial charge on any atom is 0.229 e. The highest BCUT2D eigenvalue weighted by atomic mass is 35.5. The first-order chi connectivity index (χ1) is 12.1. The maximum atomic E-state index is 12.8. The van der Waals surface area contributed by atoms with Gasteiger partial charge in [0, 0.05) is 44.4 Å². The Bertz CT molecular complexity index is 807. The molecule has 0 aliphatic carbocycles. The third-order valence-electron chi connectivity index (χ3n) is 4.59. The van der Waals surface area contributed by atoms with Gasteiger partial charge in [0.05, 0.1) is 22.8 Å². The number of aromatic nitrogens is 2. The van der Waals surface area contributed by atoms with Gasteiger partial charge >= 0.3 is 0 Å². The van der Waals surface area contributed by atoms with E-state index in [2.05, 4.69) is 15.7 Å². The van der Waals surface area contributed by atoms with Crippen LogP contribution in [-0.2, 0) is 11.8 Å². The van der Waals surface area contributed by atoms with Crippen molar-refractivity contribution < 1.29 is 14.3 Å². The number of rotatable bonds is 3. The first kappa shape index (κ1) is 16.2. The summed E-state index contributed by atoms with van der Waals surface area (Å²) >= 11 is 6.29. The molecule has 0 spiro atoms. The van der Waals surface area contributed by atoms with E-state index in [0.29, 0.717) is 42.0 Å². The Labute approximate surface area is 150 Å². The average Bonchev–Trinajstić information content (AvgIpc) is 3.24. The Morgan fingerprint density at radius 2 is 2.08 bits per heavy atom. The van der Waals surface area contributed by atoms with E-state index in [9.17, 15) is 4.79 Å². The zero-order valence-electron chi connectivity index (χ0n) is 13.8. The summed E-state index contributed by atoms with van der Waals surface area (Å²) in [6, 6.07) is 3.40. The molecule has 7 nitrogen and oxygen atoms in total. The van der Waals surface area contributed by atoms with E-state index in [1.807, 2.05) is 19.4 Å². The summed E-state index contributed by atoms with van der Waals surface area (Å²) in [6.45, 7) is 2.35. The van der Waals surface area contributed by atoms with Crippen molar-refractivity contribution in [3.63, 3.8) is 0 Å². The molecule has 3 heterocycles. The van der Waals surface area contributed by atoms with Crippen LogP contribution in [0.3, 0.4) is 0 Å². The number of amides is 1. The summed E-state index contributed by atoms with van der Waals surface area (Å²) in [7, 11) is 1.87. The normalized spacial score (nSPS) is 22.0. The largest absolute Gasteiger partial charge is 0.486 e. The predicted octanol–water partition coefficient (Wildman–Crippen LogP) is 1.79. The fourth-order valence-corrected chi connectivity index (χ4v) is 3.52. The molecule has 2 atom stereocenters. The molecule has 4 rings (SSSR count). The lowest BCUT2D eigenvalue weighted by Gasteiger charge is -2.21. The highest BCUT2D eigenvalue weighted by molar-refractivity contribution is 6.34. The summed E-state index contributed by atoms with van der Waals surface area (Å²) in [5, 5.41) is 10.9. The molecule has 0 radical (unpaired) electrons. The van der Waals surface area contributed by atoms with Gasteiger partial charge in [-0.3, -0.25) is 9.48 Å². The number of benzene rings is 1. The molecule has 2 N–H and O–H groups in total. The van der Waals surface area contributed by atoms with Crippen LogP contribution in [0.25, 0.3) is 0 Å². The summed E-state index contributed by atoms with van der Waals surface area (Å²) in [5.74, 6) is 1.03. The van der Waals surface area contributed by atoms with E-state index in [1.54, 1.807) is 16.8 Å². The Hall–Kier alpha value is -2.25. The van der Waals surface area contributed by atoms with Crippen LogP contribution in [0, 0.1) is 5.92 Å². The molecule has 2 aromatic rings. The van der Waals surface area contributed by atoms with Gasteiger partial charge in [0.1, 0.15) is 13.2 Å². The molecule has 0 bridgehead atoms. The van der Waals surface area contributed by atoms with Crippen molar-refractivity contribution in [2.75, 3.05) is 31.6 Å². The molecular weight excluding hydrogens is 344 g/mol.